The van der Waals surface area contributed by atoms with E-state index < -0.39 is 39.1 Å². The molecule has 2 aromatic heterocycles. The standard InChI is InChI=1S/C22H22F2N6O2S/c1-21(2)20(26)30-22(11-23,12-33(21,31)32)16-8-15(3-4-17(16)24)29-19-18-14(5-6-27-19)7-13(9-25)10-28-18/h3-8,10,31-32H,11-12H2,1-2H3,(H2,26,30)(H,27,29)/t22-/m0/s1. The van der Waals surface area contributed by atoms with Gasteiger partial charge in [-0.3, -0.25) is 19.1 Å². The van der Waals surface area contributed by atoms with Gasteiger partial charge in [0.2, 0.25) is 0 Å². The Morgan fingerprint density at radius 2 is 2.00 bits per heavy atom. The third-order valence-electron chi connectivity index (χ3n) is 5.89. The van der Waals surface area contributed by atoms with E-state index >= 15 is 0 Å². The molecule has 0 saturated carbocycles. The maximum Gasteiger partial charge on any atom is 0.156 e. The molecule has 5 N–H and O–H groups in total. The van der Waals surface area contributed by atoms with Gasteiger partial charge in [0.1, 0.15) is 40.2 Å². The third-order valence-corrected chi connectivity index (χ3v) is 8.61. The molecule has 0 radical (unpaired) electrons. The Bertz CT molecular complexity index is 1320. The molecule has 1 aliphatic heterocycles. The van der Waals surface area contributed by atoms with Crippen molar-refractivity contribution >= 4 is 38.8 Å². The zero-order valence-corrected chi connectivity index (χ0v) is 18.7. The molecule has 0 bridgehead atoms. The fourth-order valence-corrected chi connectivity index (χ4v) is 5.37. The van der Waals surface area contributed by atoms with E-state index in [0.29, 0.717) is 28.0 Å². The molecule has 33 heavy (non-hydrogen) atoms. The molecule has 0 unspecified atom stereocenters. The van der Waals surface area contributed by atoms with Crippen molar-refractivity contribution in [3.63, 3.8) is 0 Å². The summed E-state index contributed by atoms with van der Waals surface area (Å²) in [7, 11) is -3.43. The summed E-state index contributed by atoms with van der Waals surface area (Å²) in [4.78, 5) is 12.8. The van der Waals surface area contributed by atoms with Crippen molar-refractivity contribution in [2.24, 2.45) is 10.7 Å². The number of nitrogens with zero attached hydrogens (tertiary/aromatic N) is 4. The Kier molecular flexibility index (Phi) is 5.48. The first-order valence-corrected chi connectivity index (χ1v) is 11.6. The highest BCUT2D eigenvalue weighted by Crippen LogP contribution is 2.59. The van der Waals surface area contributed by atoms with Crippen molar-refractivity contribution in [3.8, 4) is 6.07 Å². The van der Waals surface area contributed by atoms with E-state index in [1.165, 1.54) is 38.4 Å². The van der Waals surface area contributed by atoms with Crippen molar-refractivity contribution in [3.05, 3.63) is 59.7 Å². The number of amidine groups is 1. The van der Waals surface area contributed by atoms with Gasteiger partial charge in [0.25, 0.3) is 0 Å². The summed E-state index contributed by atoms with van der Waals surface area (Å²) in [6, 6.07) is 9.31. The first-order valence-electron chi connectivity index (χ1n) is 9.92. The van der Waals surface area contributed by atoms with Crippen LogP contribution in [0, 0.1) is 17.1 Å². The average molecular weight is 473 g/mol. The SMILES string of the molecule is CC1(C)C(N)=N[C@](CF)(c2cc(Nc3nccc4cc(C#N)cnc34)ccc2F)CS1(O)O. The number of nitrogens with two attached hydrogens (primary N) is 1. The first kappa shape index (κ1) is 22.8. The van der Waals surface area contributed by atoms with Crippen molar-refractivity contribution in [2.45, 2.75) is 24.1 Å². The molecular weight excluding hydrogens is 450 g/mol. The minimum absolute atomic E-state index is 0.155. The fourth-order valence-electron chi connectivity index (χ4n) is 3.67. The summed E-state index contributed by atoms with van der Waals surface area (Å²) in [5.74, 6) is -1.07. The Morgan fingerprint density at radius 3 is 2.67 bits per heavy atom. The number of benzene rings is 1. The summed E-state index contributed by atoms with van der Waals surface area (Å²) in [6.45, 7) is 1.84. The molecule has 3 heterocycles. The Morgan fingerprint density at radius 1 is 1.24 bits per heavy atom. The van der Waals surface area contributed by atoms with Gasteiger partial charge in [-0.25, -0.2) is 13.8 Å². The van der Waals surface area contributed by atoms with Gasteiger partial charge in [-0.05, 0) is 44.2 Å². The summed E-state index contributed by atoms with van der Waals surface area (Å²) in [6.07, 6.45) is 2.94. The summed E-state index contributed by atoms with van der Waals surface area (Å²) < 4.78 is 49.4. The van der Waals surface area contributed by atoms with Crippen LogP contribution in [0.1, 0.15) is 25.0 Å². The number of rotatable bonds is 4. The number of anilines is 2. The summed E-state index contributed by atoms with van der Waals surface area (Å²) in [5.41, 5.74) is 5.18. The predicted molar refractivity (Wildman–Crippen MR) is 125 cm³/mol. The zero-order valence-electron chi connectivity index (χ0n) is 17.9. The molecule has 1 aliphatic rings. The molecule has 0 amide bonds. The van der Waals surface area contributed by atoms with Crippen LogP contribution in [0.15, 0.2) is 47.7 Å². The van der Waals surface area contributed by atoms with Gasteiger partial charge >= 0.3 is 0 Å². The number of hydrogen-bond donors (Lipinski definition) is 4. The van der Waals surface area contributed by atoms with E-state index in [9.17, 15) is 17.9 Å². The van der Waals surface area contributed by atoms with Crippen LogP contribution >= 0.6 is 10.6 Å². The lowest BCUT2D eigenvalue weighted by atomic mass is 9.92. The number of aromatic nitrogens is 2. The van der Waals surface area contributed by atoms with E-state index in [4.69, 9.17) is 11.0 Å². The third kappa shape index (κ3) is 3.76. The van der Waals surface area contributed by atoms with Crippen molar-refractivity contribution in [1.82, 2.24) is 9.97 Å². The molecule has 0 spiro atoms. The van der Waals surface area contributed by atoms with Gasteiger partial charge in [0.15, 0.2) is 5.82 Å². The average Bonchev–Trinajstić information content (AvgIpc) is 2.78. The smallest absolute Gasteiger partial charge is 0.156 e. The Hall–Kier alpha value is -3.33. The fraction of sp³-hybridized carbons (Fsp3) is 0.273. The number of halogens is 2. The maximum atomic E-state index is 14.9. The van der Waals surface area contributed by atoms with Gasteiger partial charge in [-0.2, -0.15) is 15.9 Å². The predicted octanol–water partition coefficient (Wildman–Crippen LogP) is 4.45. The van der Waals surface area contributed by atoms with Gasteiger partial charge in [-0.15, -0.1) is 0 Å². The highest BCUT2D eigenvalue weighted by atomic mass is 32.3. The van der Waals surface area contributed by atoms with E-state index in [-0.39, 0.29) is 11.4 Å². The first-order chi connectivity index (χ1) is 15.5. The molecule has 1 atom stereocenters. The van der Waals surface area contributed by atoms with E-state index in [1.54, 1.807) is 12.1 Å². The number of aliphatic imine (C=N–C) groups is 1. The zero-order chi connectivity index (χ0) is 24.0. The van der Waals surface area contributed by atoms with Crippen LogP contribution in [0.5, 0.6) is 0 Å². The van der Waals surface area contributed by atoms with Gasteiger partial charge in [0, 0.05) is 29.0 Å². The van der Waals surface area contributed by atoms with Crippen LogP contribution in [-0.4, -0.2) is 42.1 Å². The van der Waals surface area contributed by atoms with E-state index in [2.05, 4.69) is 20.3 Å². The molecule has 1 aromatic carbocycles. The number of nitrogens with one attached hydrogen (secondary N) is 1. The van der Waals surface area contributed by atoms with Gasteiger partial charge < -0.3 is 11.1 Å². The molecule has 0 saturated heterocycles. The molecule has 8 nitrogen and oxygen atoms in total. The number of hydrogen-bond acceptors (Lipinski definition) is 8. The lowest BCUT2D eigenvalue weighted by molar-refractivity contribution is 0.312. The van der Waals surface area contributed by atoms with E-state index in [0.717, 1.165) is 6.07 Å². The second-order valence-electron chi connectivity index (χ2n) is 8.37. The van der Waals surface area contributed by atoms with Crippen LogP contribution in [0.2, 0.25) is 0 Å². The lowest BCUT2D eigenvalue weighted by Gasteiger charge is -2.53. The largest absolute Gasteiger partial charge is 0.386 e. The number of alkyl halides is 1. The summed E-state index contributed by atoms with van der Waals surface area (Å²) >= 11 is 0. The monoisotopic (exact) mass is 472 g/mol. The Labute approximate surface area is 190 Å². The molecule has 172 valence electrons. The molecule has 11 heteroatoms. The van der Waals surface area contributed by atoms with Crippen molar-refractivity contribution < 1.29 is 17.9 Å². The number of pyridine rings is 2. The van der Waals surface area contributed by atoms with Crippen LogP contribution in [0.3, 0.4) is 0 Å². The van der Waals surface area contributed by atoms with Crippen LogP contribution in [0.25, 0.3) is 10.9 Å². The number of nitriles is 1. The molecule has 0 aliphatic carbocycles. The minimum Gasteiger partial charge on any atom is -0.386 e. The Balaban J connectivity index is 1.79. The second-order valence-corrected chi connectivity index (χ2v) is 11.0. The molecule has 3 aromatic rings. The highest BCUT2D eigenvalue weighted by molar-refractivity contribution is 8.26. The molecular formula is C22H22F2N6O2S. The van der Waals surface area contributed by atoms with Gasteiger partial charge in [0.05, 0.1) is 11.3 Å². The van der Waals surface area contributed by atoms with Crippen LogP contribution in [0.4, 0.5) is 20.3 Å². The van der Waals surface area contributed by atoms with Crippen molar-refractivity contribution in [2.75, 3.05) is 17.7 Å². The second kappa shape index (κ2) is 7.91. The van der Waals surface area contributed by atoms with Crippen LogP contribution in [-0.2, 0) is 5.54 Å². The molecule has 0 fully saturated rings. The summed E-state index contributed by atoms with van der Waals surface area (Å²) in [5, 5.41) is 12.8. The quantitative estimate of drug-likeness (QED) is 0.440. The maximum absolute atomic E-state index is 14.9. The molecule has 4 rings (SSSR count). The topological polar surface area (TPSA) is 140 Å². The minimum atomic E-state index is -3.43. The van der Waals surface area contributed by atoms with E-state index in [1.807, 2.05) is 6.07 Å². The lowest BCUT2D eigenvalue weighted by Crippen LogP contribution is -2.53. The van der Waals surface area contributed by atoms with Crippen molar-refractivity contribution in [1.29, 1.82) is 5.26 Å². The normalized spacial score (nSPS) is 22.3. The van der Waals surface area contributed by atoms with Crippen LogP contribution < -0.4 is 11.1 Å². The highest BCUT2D eigenvalue weighted by Gasteiger charge is 2.51. The van der Waals surface area contributed by atoms with Gasteiger partial charge in [-0.1, -0.05) is 0 Å². The number of fused-ring (bicyclic) bond motifs is 1.